The van der Waals surface area contributed by atoms with Crippen LogP contribution in [0.25, 0.3) is 0 Å². The molecule has 0 saturated heterocycles. The van der Waals surface area contributed by atoms with Gasteiger partial charge in [0.15, 0.2) is 0 Å². The molecule has 1 aromatic heterocycles. The molecule has 16 heavy (non-hydrogen) atoms. The van der Waals surface area contributed by atoms with Gasteiger partial charge in [-0.25, -0.2) is 9.97 Å². The first-order chi connectivity index (χ1) is 7.86. The molecule has 1 fully saturated rings. The molecule has 2 rings (SSSR count). The molecule has 88 valence electrons. The molecule has 0 amide bonds. The third-order valence-corrected chi connectivity index (χ3v) is 3.52. The number of anilines is 1. The average molecular weight is 220 g/mol. The number of hydrogen-bond donors (Lipinski definition) is 1. The van der Waals surface area contributed by atoms with Gasteiger partial charge in [-0.3, -0.25) is 0 Å². The summed E-state index contributed by atoms with van der Waals surface area (Å²) in [4.78, 5) is 10.7. The van der Waals surface area contributed by atoms with Crippen LogP contribution in [0.1, 0.15) is 26.2 Å². The van der Waals surface area contributed by atoms with E-state index in [-0.39, 0.29) is 0 Å². The maximum atomic E-state index is 5.84. The molecule has 1 aliphatic carbocycles. The highest BCUT2D eigenvalue weighted by atomic mass is 15.2. The van der Waals surface area contributed by atoms with Crippen LogP contribution in [0.4, 0.5) is 5.82 Å². The molecule has 1 heterocycles. The molecule has 0 aliphatic heterocycles. The quantitative estimate of drug-likeness (QED) is 0.834. The van der Waals surface area contributed by atoms with E-state index in [0.29, 0.717) is 12.0 Å². The molecule has 1 aromatic rings. The molecule has 0 spiro atoms. The number of nitrogens with two attached hydrogens (primary N) is 1. The van der Waals surface area contributed by atoms with Crippen molar-refractivity contribution >= 4 is 5.82 Å². The first-order valence-corrected chi connectivity index (χ1v) is 6.09. The van der Waals surface area contributed by atoms with Gasteiger partial charge in [-0.05, 0) is 38.3 Å². The van der Waals surface area contributed by atoms with Crippen LogP contribution in [0.2, 0.25) is 0 Å². The predicted octanol–water partition coefficient (Wildman–Crippen LogP) is 1.43. The summed E-state index contributed by atoms with van der Waals surface area (Å²) in [5, 5.41) is 0. The van der Waals surface area contributed by atoms with Crippen molar-refractivity contribution in [1.82, 2.24) is 9.97 Å². The maximum Gasteiger partial charge on any atom is 0.132 e. The summed E-state index contributed by atoms with van der Waals surface area (Å²) in [6, 6.07) is 2.54. The van der Waals surface area contributed by atoms with E-state index in [2.05, 4.69) is 21.8 Å². The lowest BCUT2D eigenvalue weighted by atomic mass is 10.0. The Labute approximate surface area is 96.9 Å². The standard InChI is InChI=1S/C12H20N4/c1-2-16(12-6-7-14-9-15-12)11-5-3-4-10(11)8-13/h6-7,9-11H,2-5,8,13H2,1H3. The van der Waals surface area contributed by atoms with E-state index in [4.69, 9.17) is 5.73 Å². The lowest BCUT2D eigenvalue weighted by Crippen LogP contribution is -2.40. The van der Waals surface area contributed by atoms with Crippen molar-refractivity contribution in [2.24, 2.45) is 11.7 Å². The second kappa shape index (κ2) is 5.25. The van der Waals surface area contributed by atoms with E-state index >= 15 is 0 Å². The molecular formula is C12H20N4. The lowest BCUT2D eigenvalue weighted by Gasteiger charge is -2.32. The zero-order valence-corrected chi connectivity index (χ0v) is 9.84. The molecular weight excluding hydrogens is 200 g/mol. The van der Waals surface area contributed by atoms with Crippen molar-refractivity contribution in [1.29, 1.82) is 0 Å². The molecule has 0 aromatic carbocycles. The fourth-order valence-corrected chi connectivity index (χ4v) is 2.72. The Kier molecular flexibility index (Phi) is 3.72. The Morgan fingerprint density at radius 2 is 2.38 bits per heavy atom. The summed E-state index contributed by atoms with van der Waals surface area (Å²) < 4.78 is 0. The highest BCUT2D eigenvalue weighted by Gasteiger charge is 2.30. The Morgan fingerprint density at radius 1 is 1.50 bits per heavy atom. The van der Waals surface area contributed by atoms with Gasteiger partial charge in [0, 0.05) is 18.8 Å². The number of rotatable bonds is 4. The Bertz CT molecular complexity index is 314. The van der Waals surface area contributed by atoms with Crippen molar-refractivity contribution in [3.63, 3.8) is 0 Å². The first kappa shape index (κ1) is 11.3. The van der Waals surface area contributed by atoms with Crippen LogP contribution in [0.5, 0.6) is 0 Å². The van der Waals surface area contributed by atoms with Gasteiger partial charge in [-0.2, -0.15) is 0 Å². The highest BCUT2D eigenvalue weighted by molar-refractivity contribution is 5.38. The van der Waals surface area contributed by atoms with Gasteiger partial charge in [0.25, 0.3) is 0 Å². The minimum absolute atomic E-state index is 0.560. The van der Waals surface area contributed by atoms with Crippen LogP contribution in [-0.2, 0) is 0 Å². The second-order valence-electron chi connectivity index (χ2n) is 4.35. The van der Waals surface area contributed by atoms with Crippen molar-refractivity contribution in [2.45, 2.75) is 32.2 Å². The molecule has 0 bridgehead atoms. The third kappa shape index (κ3) is 2.16. The SMILES string of the molecule is CCN(c1ccncn1)C1CCCC1CN. The largest absolute Gasteiger partial charge is 0.353 e. The van der Waals surface area contributed by atoms with Crippen LogP contribution in [0, 0.1) is 5.92 Å². The smallest absolute Gasteiger partial charge is 0.132 e. The van der Waals surface area contributed by atoms with E-state index in [1.165, 1.54) is 19.3 Å². The summed E-state index contributed by atoms with van der Waals surface area (Å²) in [5.74, 6) is 1.65. The van der Waals surface area contributed by atoms with E-state index < -0.39 is 0 Å². The second-order valence-corrected chi connectivity index (χ2v) is 4.35. The van der Waals surface area contributed by atoms with Crippen LogP contribution in [0.3, 0.4) is 0 Å². The molecule has 0 radical (unpaired) electrons. The number of nitrogens with zero attached hydrogens (tertiary/aromatic N) is 3. The zero-order chi connectivity index (χ0) is 11.4. The average Bonchev–Trinajstić information content (AvgIpc) is 2.80. The number of hydrogen-bond acceptors (Lipinski definition) is 4. The zero-order valence-electron chi connectivity index (χ0n) is 9.84. The maximum absolute atomic E-state index is 5.84. The van der Waals surface area contributed by atoms with Gasteiger partial charge in [0.05, 0.1) is 0 Å². The molecule has 2 unspecified atom stereocenters. The molecule has 2 atom stereocenters. The van der Waals surface area contributed by atoms with Crippen LogP contribution < -0.4 is 10.6 Å². The van der Waals surface area contributed by atoms with Gasteiger partial charge in [0.2, 0.25) is 0 Å². The van der Waals surface area contributed by atoms with E-state index in [1.54, 1.807) is 12.5 Å². The van der Waals surface area contributed by atoms with E-state index in [9.17, 15) is 0 Å². The van der Waals surface area contributed by atoms with Crippen molar-refractivity contribution in [3.8, 4) is 0 Å². The van der Waals surface area contributed by atoms with E-state index in [1.807, 2.05) is 6.07 Å². The van der Waals surface area contributed by atoms with Crippen molar-refractivity contribution in [2.75, 3.05) is 18.0 Å². The minimum Gasteiger partial charge on any atom is -0.353 e. The molecule has 1 saturated carbocycles. The Morgan fingerprint density at radius 3 is 3.00 bits per heavy atom. The summed E-state index contributed by atoms with van der Waals surface area (Å²) >= 11 is 0. The Balaban J connectivity index is 2.16. The first-order valence-electron chi connectivity index (χ1n) is 6.09. The lowest BCUT2D eigenvalue weighted by molar-refractivity contribution is 0.459. The summed E-state index contributed by atoms with van der Waals surface area (Å²) in [7, 11) is 0. The molecule has 2 N–H and O–H groups in total. The number of aromatic nitrogens is 2. The summed E-state index contributed by atoms with van der Waals surface area (Å²) in [5.41, 5.74) is 5.84. The van der Waals surface area contributed by atoms with Crippen LogP contribution >= 0.6 is 0 Å². The van der Waals surface area contributed by atoms with Crippen LogP contribution in [0.15, 0.2) is 18.6 Å². The monoisotopic (exact) mass is 220 g/mol. The normalized spacial score (nSPS) is 24.6. The van der Waals surface area contributed by atoms with Gasteiger partial charge in [-0.15, -0.1) is 0 Å². The van der Waals surface area contributed by atoms with Gasteiger partial charge in [0.1, 0.15) is 12.1 Å². The van der Waals surface area contributed by atoms with Crippen molar-refractivity contribution < 1.29 is 0 Å². The third-order valence-electron chi connectivity index (χ3n) is 3.52. The minimum atomic E-state index is 0.560. The van der Waals surface area contributed by atoms with Gasteiger partial charge < -0.3 is 10.6 Å². The highest BCUT2D eigenvalue weighted by Crippen LogP contribution is 2.31. The fourth-order valence-electron chi connectivity index (χ4n) is 2.72. The van der Waals surface area contributed by atoms with E-state index in [0.717, 1.165) is 18.9 Å². The molecule has 1 aliphatic rings. The predicted molar refractivity (Wildman–Crippen MR) is 65.2 cm³/mol. The topological polar surface area (TPSA) is 55.0 Å². The van der Waals surface area contributed by atoms with Crippen molar-refractivity contribution in [3.05, 3.63) is 18.6 Å². The Hall–Kier alpha value is -1.16. The van der Waals surface area contributed by atoms with Gasteiger partial charge in [-0.1, -0.05) is 6.42 Å². The molecule has 4 nitrogen and oxygen atoms in total. The fraction of sp³-hybridized carbons (Fsp3) is 0.667. The van der Waals surface area contributed by atoms with Crippen LogP contribution in [-0.4, -0.2) is 29.1 Å². The summed E-state index contributed by atoms with van der Waals surface area (Å²) in [6.45, 7) is 3.94. The molecule has 4 heteroatoms. The summed E-state index contributed by atoms with van der Waals surface area (Å²) in [6.07, 6.45) is 7.19. The van der Waals surface area contributed by atoms with Gasteiger partial charge >= 0.3 is 0 Å².